The van der Waals surface area contributed by atoms with Crippen molar-refractivity contribution in [3.8, 4) is 16.8 Å². The molecular weight excluding hydrogens is 793 g/mol. The number of fused-ring (bicyclic) bond motifs is 4. The number of nitro groups is 2. The van der Waals surface area contributed by atoms with Gasteiger partial charge < -0.3 is 20.0 Å². The van der Waals surface area contributed by atoms with E-state index in [2.05, 4.69) is 25.3 Å². The van der Waals surface area contributed by atoms with Crippen LogP contribution in [0.3, 0.4) is 0 Å². The molecule has 0 radical (unpaired) electrons. The number of benzene rings is 4. The molecule has 0 bridgehead atoms. The van der Waals surface area contributed by atoms with Gasteiger partial charge in [-0.1, -0.05) is 48.5 Å². The quantitative estimate of drug-likeness (QED) is 0.0510. The second-order valence-corrected chi connectivity index (χ2v) is 13.5. The van der Waals surface area contributed by atoms with Crippen LogP contribution in [0.2, 0.25) is 0 Å². The van der Waals surface area contributed by atoms with E-state index in [0.717, 1.165) is 44.7 Å². The molecule has 0 aliphatic rings. The summed E-state index contributed by atoms with van der Waals surface area (Å²) in [7, 11) is 0. The summed E-state index contributed by atoms with van der Waals surface area (Å²) in [6.07, 6.45) is 7.69. The van der Waals surface area contributed by atoms with Gasteiger partial charge in [0.15, 0.2) is 6.29 Å². The lowest BCUT2D eigenvalue weighted by Gasteiger charge is -2.11. The molecule has 0 fully saturated rings. The van der Waals surface area contributed by atoms with Crippen LogP contribution in [0.4, 0.5) is 22.7 Å². The van der Waals surface area contributed by atoms with Gasteiger partial charge in [-0.25, -0.2) is 0 Å². The summed E-state index contributed by atoms with van der Waals surface area (Å²) in [6.45, 7) is 2.22. The zero-order valence-corrected chi connectivity index (χ0v) is 32.9. The summed E-state index contributed by atoms with van der Waals surface area (Å²) in [6, 6.07) is 36.4. The van der Waals surface area contributed by atoms with E-state index in [1.807, 2.05) is 66.7 Å². The number of nitrogens with one attached hydrogen (secondary N) is 3. The Morgan fingerprint density at radius 3 is 1.97 bits per heavy atom. The first-order valence-electron chi connectivity index (χ1n) is 19.1. The van der Waals surface area contributed by atoms with Crippen LogP contribution >= 0.6 is 0 Å². The number of hydrogen-bond donors (Lipinski definition) is 3. The largest absolute Gasteiger partial charge is 0.466 e. The summed E-state index contributed by atoms with van der Waals surface area (Å²) in [5.41, 5.74) is 7.47. The highest BCUT2D eigenvalue weighted by Crippen LogP contribution is 2.31. The number of aromatic amines is 2. The molecule has 9 rings (SSSR count). The van der Waals surface area contributed by atoms with Crippen LogP contribution in [-0.4, -0.2) is 53.2 Å². The molecular formula is C46H36N8O8. The number of aromatic nitrogens is 5. The molecule has 0 amide bonds. The van der Waals surface area contributed by atoms with Crippen LogP contribution in [0.15, 0.2) is 157 Å². The van der Waals surface area contributed by atoms with Crippen LogP contribution in [0.25, 0.3) is 49.7 Å². The van der Waals surface area contributed by atoms with E-state index in [-0.39, 0.29) is 22.9 Å². The average Bonchev–Trinajstić information content (AvgIpc) is 3.85. The monoisotopic (exact) mass is 828 g/mol. The topological polar surface area (TPSA) is 221 Å². The zero-order chi connectivity index (χ0) is 43.6. The lowest BCUT2D eigenvalue weighted by Crippen LogP contribution is -2.20. The zero-order valence-electron chi connectivity index (χ0n) is 32.9. The van der Waals surface area contributed by atoms with Crippen molar-refractivity contribution in [1.29, 1.82) is 0 Å². The van der Waals surface area contributed by atoms with E-state index >= 15 is 0 Å². The van der Waals surface area contributed by atoms with Crippen LogP contribution in [0.5, 0.6) is 0 Å². The van der Waals surface area contributed by atoms with Crippen molar-refractivity contribution in [3.05, 3.63) is 194 Å². The number of pyridine rings is 3. The number of nitrogens with zero attached hydrogens (tertiary/aromatic N) is 5. The third-order valence-electron chi connectivity index (χ3n) is 9.52. The fraction of sp³-hybridized carbons (Fsp3) is 0.0652. The van der Waals surface area contributed by atoms with E-state index in [0.29, 0.717) is 46.9 Å². The maximum absolute atomic E-state index is 13.5. The fourth-order valence-corrected chi connectivity index (χ4v) is 6.70. The minimum Gasteiger partial charge on any atom is -0.466 e. The maximum atomic E-state index is 13.5. The van der Waals surface area contributed by atoms with Crippen LogP contribution in [-0.2, 0) is 16.0 Å². The molecule has 62 heavy (non-hydrogen) atoms. The van der Waals surface area contributed by atoms with Gasteiger partial charge in [0.25, 0.3) is 16.9 Å². The SMILES string of the molecule is CCOC(=O)Cc1cccnc1.O=Cc1[nH]c2ccccc2c1Nc1ccc([N+](=O)[O-])cc1.O=c1c(-c2cccnc2)cc2[nH]c3ccccc3c2n1-c1ccc([N+](=O)[O-])cc1. The van der Waals surface area contributed by atoms with Crippen molar-refractivity contribution in [2.75, 3.05) is 11.9 Å². The van der Waals surface area contributed by atoms with Crippen LogP contribution in [0.1, 0.15) is 23.0 Å². The lowest BCUT2D eigenvalue weighted by molar-refractivity contribution is -0.385. The van der Waals surface area contributed by atoms with Gasteiger partial charge in [0, 0.05) is 87.8 Å². The van der Waals surface area contributed by atoms with Crippen molar-refractivity contribution in [3.63, 3.8) is 0 Å². The Hall–Kier alpha value is -8.79. The Morgan fingerprint density at radius 1 is 0.758 bits per heavy atom. The predicted octanol–water partition coefficient (Wildman–Crippen LogP) is 9.26. The molecule has 3 N–H and O–H groups in total. The minimum atomic E-state index is -0.458. The highest BCUT2D eigenvalue weighted by atomic mass is 16.6. The molecule has 0 atom stereocenters. The van der Waals surface area contributed by atoms with Gasteiger partial charge in [-0.3, -0.25) is 49.1 Å². The molecule has 0 aliphatic heterocycles. The summed E-state index contributed by atoms with van der Waals surface area (Å²) >= 11 is 0. The van der Waals surface area contributed by atoms with Crippen molar-refractivity contribution in [1.82, 2.24) is 24.5 Å². The molecule has 0 saturated heterocycles. The first kappa shape index (κ1) is 41.4. The van der Waals surface area contributed by atoms with Gasteiger partial charge in [-0.05, 0) is 67.1 Å². The van der Waals surface area contributed by atoms with Crippen molar-refractivity contribution in [2.45, 2.75) is 13.3 Å². The number of aldehydes is 1. The second kappa shape index (κ2) is 18.9. The summed E-state index contributed by atoms with van der Waals surface area (Å²) < 4.78 is 6.38. The summed E-state index contributed by atoms with van der Waals surface area (Å²) in [4.78, 5) is 70.8. The molecule has 16 heteroatoms. The highest BCUT2D eigenvalue weighted by molar-refractivity contribution is 6.07. The van der Waals surface area contributed by atoms with Gasteiger partial charge in [0.05, 0.1) is 45.2 Å². The number of nitro benzene ring substituents is 2. The molecule has 0 saturated carbocycles. The number of carbonyl (C=O) groups excluding carboxylic acids is 2. The lowest BCUT2D eigenvalue weighted by atomic mass is 10.1. The van der Waals surface area contributed by atoms with E-state index in [9.17, 15) is 34.6 Å². The van der Waals surface area contributed by atoms with E-state index in [1.54, 1.807) is 72.7 Å². The molecule has 9 aromatic rings. The average molecular weight is 829 g/mol. The van der Waals surface area contributed by atoms with E-state index < -0.39 is 9.85 Å². The third kappa shape index (κ3) is 9.24. The van der Waals surface area contributed by atoms with Gasteiger partial charge in [-0.2, -0.15) is 0 Å². The number of carbonyl (C=O) groups is 2. The Labute approximate surface area is 351 Å². The maximum Gasteiger partial charge on any atom is 0.310 e. The Bertz CT molecular complexity index is 3090. The fourth-order valence-electron chi connectivity index (χ4n) is 6.70. The first-order chi connectivity index (χ1) is 30.1. The van der Waals surface area contributed by atoms with Gasteiger partial charge in [0.1, 0.15) is 5.69 Å². The van der Waals surface area contributed by atoms with Gasteiger partial charge in [-0.15, -0.1) is 0 Å². The normalized spacial score (nSPS) is 10.6. The van der Waals surface area contributed by atoms with Crippen molar-refractivity contribution >= 4 is 67.8 Å². The molecule has 16 nitrogen and oxygen atoms in total. The minimum absolute atomic E-state index is 0.0232. The molecule has 0 aliphatic carbocycles. The number of H-pyrrole nitrogens is 2. The molecule has 5 aromatic heterocycles. The summed E-state index contributed by atoms with van der Waals surface area (Å²) in [5.74, 6) is -0.203. The highest BCUT2D eigenvalue weighted by Gasteiger charge is 2.18. The smallest absolute Gasteiger partial charge is 0.310 e. The van der Waals surface area contributed by atoms with Crippen molar-refractivity contribution < 1.29 is 24.2 Å². The predicted molar refractivity (Wildman–Crippen MR) is 236 cm³/mol. The van der Waals surface area contributed by atoms with Crippen LogP contribution in [0, 0.1) is 20.2 Å². The Balaban J connectivity index is 0.000000153. The van der Waals surface area contributed by atoms with Crippen LogP contribution < -0.4 is 10.9 Å². The Kier molecular flexibility index (Phi) is 12.6. The van der Waals surface area contributed by atoms with Gasteiger partial charge >= 0.3 is 5.97 Å². The number of esters is 1. The number of non-ortho nitro benzene ring substituents is 2. The van der Waals surface area contributed by atoms with Gasteiger partial charge in [0.2, 0.25) is 0 Å². The molecule has 308 valence electrons. The standard InChI is InChI=1S/C22H14N4O3.C15H11N3O3.C9H11NO2/c27-22-18(14-4-3-11-23-13-14)12-20-21(17-5-1-2-6-19(17)24-20)25(22)15-7-9-16(10-8-15)26(28)29;19-9-14-15(12-3-1-2-4-13(12)17-14)16-10-5-7-11(8-6-10)18(20)21;1-2-12-9(11)6-8-4-3-5-10-7-8/h1-13,24H;1-9,16-17H;3-5,7H,2,6H2,1H3. The molecule has 5 heterocycles. The first-order valence-corrected chi connectivity index (χ1v) is 19.1. The van der Waals surface area contributed by atoms with Crippen molar-refractivity contribution in [2.24, 2.45) is 0 Å². The number of hydrogen-bond acceptors (Lipinski definition) is 11. The number of ether oxygens (including phenoxy) is 1. The number of anilines is 2. The molecule has 0 unspecified atom stereocenters. The third-order valence-corrected chi connectivity index (χ3v) is 9.52. The number of para-hydroxylation sites is 2. The summed E-state index contributed by atoms with van der Waals surface area (Å²) in [5, 5.41) is 26.6. The van der Waals surface area contributed by atoms with E-state index in [4.69, 9.17) is 4.74 Å². The molecule has 4 aromatic carbocycles. The Morgan fingerprint density at radius 2 is 1.37 bits per heavy atom. The number of rotatable bonds is 10. The molecule has 0 spiro atoms. The second-order valence-electron chi connectivity index (χ2n) is 13.5. The van der Waals surface area contributed by atoms with E-state index in [1.165, 1.54) is 24.3 Å².